The van der Waals surface area contributed by atoms with Gasteiger partial charge in [0.25, 0.3) is 0 Å². The fourth-order valence-corrected chi connectivity index (χ4v) is 3.42. The largest absolute Gasteiger partial charge is 0.323 e. The molecule has 1 aliphatic heterocycles. The van der Waals surface area contributed by atoms with Crippen LogP contribution < -0.4 is 5.32 Å². The molecule has 5 rings (SSSR count). The van der Waals surface area contributed by atoms with E-state index < -0.39 is 5.82 Å². The zero-order chi connectivity index (χ0) is 16.4. The number of anilines is 1. The molecule has 1 amide bonds. The van der Waals surface area contributed by atoms with Crippen molar-refractivity contribution < 1.29 is 9.18 Å². The molecule has 0 bridgehead atoms. The third kappa shape index (κ3) is 1.95. The predicted molar refractivity (Wildman–Crippen MR) is 87.4 cm³/mol. The number of halogens is 1. The van der Waals surface area contributed by atoms with E-state index in [0.717, 1.165) is 22.6 Å². The quantitative estimate of drug-likeness (QED) is 0.788. The highest BCUT2D eigenvalue weighted by molar-refractivity contribution is 6.00. The number of nitrogens with zero attached hydrogens (tertiary/aromatic N) is 3. The van der Waals surface area contributed by atoms with E-state index in [0.29, 0.717) is 22.7 Å². The molecule has 24 heavy (non-hydrogen) atoms. The molecule has 3 heterocycles. The van der Waals surface area contributed by atoms with E-state index in [-0.39, 0.29) is 12.3 Å². The summed E-state index contributed by atoms with van der Waals surface area (Å²) < 4.78 is 16.3. The Bertz CT molecular complexity index is 1020. The van der Waals surface area contributed by atoms with Gasteiger partial charge in [-0.05, 0) is 43.0 Å². The third-order valence-electron chi connectivity index (χ3n) is 4.78. The van der Waals surface area contributed by atoms with Crippen LogP contribution in [0.5, 0.6) is 0 Å². The lowest BCUT2D eigenvalue weighted by atomic mass is 10.0. The molecule has 1 saturated carbocycles. The second-order valence-corrected chi connectivity index (χ2v) is 6.59. The first-order valence-corrected chi connectivity index (χ1v) is 8.07. The van der Waals surface area contributed by atoms with E-state index in [1.54, 1.807) is 6.33 Å². The number of hydrogen-bond donors (Lipinski definition) is 1. The number of hydrogen-bond acceptors (Lipinski definition) is 3. The molecule has 0 saturated heterocycles. The lowest BCUT2D eigenvalue weighted by Gasteiger charge is -2.10. The van der Waals surface area contributed by atoms with Gasteiger partial charge >= 0.3 is 0 Å². The minimum absolute atomic E-state index is 0.175. The number of amides is 1. The number of carbonyl (C=O) groups excluding carboxylic acids is 1. The molecule has 0 radical (unpaired) electrons. The average molecular weight is 322 g/mol. The highest BCUT2D eigenvalue weighted by atomic mass is 19.1. The Morgan fingerprint density at radius 1 is 1.33 bits per heavy atom. The van der Waals surface area contributed by atoms with Gasteiger partial charge in [-0.15, -0.1) is 0 Å². The molecule has 1 aliphatic carbocycles. The van der Waals surface area contributed by atoms with Gasteiger partial charge in [0.2, 0.25) is 5.91 Å². The molecular weight excluding hydrogens is 307 g/mol. The monoisotopic (exact) mass is 322 g/mol. The van der Waals surface area contributed by atoms with Gasteiger partial charge in [0.1, 0.15) is 17.8 Å². The normalized spacial score (nSPS) is 16.5. The summed E-state index contributed by atoms with van der Waals surface area (Å²) in [5, 5.41) is 2.57. The number of imidazole rings is 1. The molecule has 3 aromatic rings. The Balaban J connectivity index is 1.74. The number of benzene rings is 1. The smallest absolute Gasteiger partial charge is 0.228 e. The molecular formula is C18H15FN4O. The SMILES string of the molecule is Cc1ncn2cc(C3CC3)nc2c1-c1cc(F)c2c(c1)CC(=O)N2. The first-order chi connectivity index (χ1) is 11.6. The minimum Gasteiger partial charge on any atom is -0.323 e. The van der Waals surface area contributed by atoms with E-state index >= 15 is 0 Å². The maximum absolute atomic E-state index is 14.4. The Labute approximate surface area is 137 Å². The molecule has 1 fully saturated rings. The molecule has 6 heteroatoms. The van der Waals surface area contributed by atoms with Crippen LogP contribution in [0.3, 0.4) is 0 Å². The standard InChI is InChI=1S/C18H15FN4O/c1-9-16(11-4-12-6-15(24)22-17(12)13(19)5-11)18-21-14(10-2-3-10)7-23(18)8-20-9/h4-5,7-8,10H,2-3,6H2,1H3,(H,22,24). The Morgan fingerprint density at radius 3 is 2.96 bits per heavy atom. The van der Waals surface area contributed by atoms with Crippen molar-refractivity contribution in [1.29, 1.82) is 0 Å². The molecule has 1 N–H and O–H groups in total. The summed E-state index contributed by atoms with van der Waals surface area (Å²) in [7, 11) is 0. The van der Waals surface area contributed by atoms with Gasteiger partial charge < -0.3 is 5.32 Å². The van der Waals surface area contributed by atoms with Gasteiger partial charge in [-0.25, -0.2) is 14.4 Å². The summed E-state index contributed by atoms with van der Waals surface area (Å²) in [5.41, 5.74) is 5.18. The second kappa shape index (κ2) is 4.63. The molecule has 0 unspecified atom stereocenters. The fraction of sp³-hybridized carbons (Fsp3) is 0.278. The summed E-state index contributed by atoms with van der Waals surface area (Å²) in [4.78, 5) is 20.8. The lowest BCUT2D eigenvalue weighted by Crippen LogP contribution is -2.04. The Kier molecular flexibility index (Phi) is 2.63. The first kappa shape index (κ1) is 13.7. The van der Waals surface area contributed by atoms with Crippen molar-refractivity contribution >= 4 is 17.2 Å². The van der Waals surface area contributed by atoms with Crippen LogP contribution in [-0.4, -0.2) is 20.3 Å². The van der Waals surface area contributed by atoms with Crippen molar-refractivity contribution in [3.63, 3.8) is 0 Å². The van der Waals surface area contributed by atoms with Gasteiger partial charge in [-0.2, -0.15) is 0 Å². The van der Waals surface area contributed by atoms with Crippen molar-refractivity contribution in [3.05, 3.63) is 47.4 Å². The minimum atomic E-state index is -0.413. The van der Waals surface area contributed by atoms with Crippen LogP contribution in [-0.2, 0) is 11.2 Å². The van der Waals surface area contributed by atoms with Crippen molar-refractivity contribution in [2.45, 2.75) is 32.1 Å². The van der Waals surface area contributed by atoms with Crippen LogP contribution in [0.25, 0.3) is 16.8 Å². The van der Waals surface area contributed by atoms with E-state index in [2.05, 4.69) is 10.3 Å². The first-order valence-electron chi connectivity index (χ1n) is 8.07. The summed E-state index contributed by atoms with van der Waals surface area (Å²) >= 11 is 0. The number of aryl methyl sites for hydroxylation is 1. The highest BCUT2D eigenvalue weighted by Gasteiger charge is 2.28. The molecule has 0 spiro atoms. The summed E-state index contributed by atoms with van der Waals surface area (Å²) in [6.07, 6.45) is 6.32. The van der Waals surface area contributed by atoms with Gasteiger partial charge in [-0.3, -0.25) is 9.20 Å². The van der Waals surface area contributed by atoms with Crippen LogP contribution in [0, 0.1) is 12.7 Å². The fourth-order valence-electron chi connectivity index (χ4n) is 3.42. The third-order valence-corrected chi connectivity index (χ3v) is 4.78. The highest BCUT2D eigenvalue weighted by Crippen LogP contribution is 2.40. The van der Waals surface area contributed by atoms with Crippen molar-refractivity contribution in [2.24, 2.45) is 0 Å². The van der Waals surface area contributed by atoms with E-state index in [9.17, 15) is 9.18 Å². The van der Waals surface area contributed by atoms with Crippen LogP contribution in [0.4, 0.5) is 10.1 Å². The molecule has 0 atom stereocenters. The Hall–Kier alpha value is -2.76. The summed E-state index contributed by atoms with van der Waals surface area (Å²) in [6, 6.07) is 3.33. The number of carbonyl (C=O) groups is 1. The van der Waals surface area contributed by atoms with Crippen molar-refractivity contribution in [1.82, 2.24) is 14.4 Å². The zero-order valence-electron chi connectivity index (χ0n) is 13.1. The molecule has 1 aromatic carbocycles. The zero-order valence-corrected chi connectivity index (χ0v) is 13.1. The summed E-state index contributed by atoms with van der Waals surface area (Å²) in [6.45, 7) is 1.90. The predicted octanol–water partition coefficient (Wildman–Crippen LogP) is 3.22. The van der Waals surface area contributed by atoms with E-state index in [1.807, 2.05) is 23.6 Å². The molecule has 2 aliphatic rings. The molecule has 120 valence electrons. The number of fused-ring (bicyclic) bond motifs is 2. The van der Waals surface area contributed by atoms with Gasteiger partial charge in [0.15, 0.2) is 0 Å². The maximum Gasteiger partial charge on any atom is 0.228 e. The number of nitrogens with one attached hydrogen (secondary N) is 1. The van der Waals surface area contributed by atoms with Gasteiger partial charge in [0, 0.05) is 17.7 Å². The van der Waals surface area contributed by atoms with E-state index in [4.69, 9.17) is 4.98 Å². The van der Waals surface area contributed by atoms with Gasteiger partial charge in [0.05, 0.1) is 23.5 Å². The Morgan fingerprint density at radius 2 is 2.17 bits per heavy atom. The number of rotatable bonds is 2. The summed E-state index contributed by atoms with van der Waals surface area (Å²) in [5.74, 6) is -0.0497. The lowest BCUT2D eigenvalue weighted by molar-refractivity contribution is -0.115. The number of aromatic nitrogens is 3. The molecule has 2 aromatic heterocycles. The van der Waals surface area contributed by atoms with E-state index in [1.165, 1.54) is 18.9 Å². The molecule has 5 nitrogen and oxygen atoms in total. The van der Waals surface area contributed by atoms with Gasteiger partial charge in [-0.1, -0.05) is 0 Å². The maximum atomic E-state index is 14.4. The van der Waals surface area contributed by atoms with Crippen LogP contribution >= 0.6 is 0 Å². The average Bonchev–Trinajstić information content (AvgIpc) is 3.19. The van der Waals surface area contributed by atoms with Crippen molar-refractivity contribution in [3.8, 4) is 11.1 Å². The second-order valence-electron chi connectivity index (χ2n) is 6.59. The van der Waals surface area contributed by atoms with Crippen molar-refractivity contribution in [2.75, 3.05) is 5.32 Å². The van der Waals surface area contributed by atoms with Crippen LogP contribution in [0.2, 0.25) is 0 Å². The van der Waals surface area contributed by atoms with Crippen LogP contribution in [0.1, 0.15) is 35.7 Å². The topological polar surface area (TPSA) is 59.3 Å². The van der Waals surface area contributed by atoms with Crippen LogP contribution in [0.15, 0.2) is 24.7 Å².